The number of benzene rings is 3. The molecule has 0 saturated heterocycles. The van der Waals surface area contributed by atoms with E-state index in [1.54, 1.807) is 31.3 Å². The lowest BCUT2D eigenvalue weighted by atomic mass is 10.0. The van der Waals surface area contributed by atoms with E-state index in [1.807, 2.05) is 67.6 Å². The predicted molar refractivity (Wildman–Crippen MR) is 126 cm³/mol. The number of carbonyl (C=O) groups is 1. The number of fused-ring (bicyclic) bond motifs is 1. The van der Waals surface area contributed by atoms with Crippen LogP contribution >= 0.6 is 0 Å². The Bertz CT molecular complexity index is 1360. The van der Waals surface area contributed by atoms with Crippen molar-refractivity contribution < 1.29 is 4.79 Å². The van der Waals surface area contributed by atoms with Gasteiger partial charge in [-0.2, -0.15) is 0 Å². The third-order valence-corrected chi connectivity index (χ3v) is 5.75. The van der Waals surface area contributed by atoms with E-state index in [2.05, 4.69) is 5.32 Å². The Morgan fingerprint density at radius 1 is 0.875 bits per heavy atom. The molecule has 0 aliphatic heterocycles. The number of nitrogens with one attached hydrogen (secondary N) is 1. The minimum atomic E-state index is -0.987. The monoisotopic (exact) mass is 427 g/mol. The summed E-state index contributed by atoms with van der Waals surface area (Å²) in [6.07, 6.45) is 0.224. The van der Waals surface area contributed by atoms with Gasteiger partial charge in [-0.15, -0.1) is 0 Å². The molecule has 6 heteroatoms. The second kappa shape index (κ2) is 9.06. The maximum Gasteiger partial charge on any atom is 0.331 e. The van der Waals surface area contributed by atoms with Gasteiger partial charge in [-0.1, -0.05) is 72.8 Å². The van der Waals surface area contributed by atoms with Crippen LogP contribution in [-0.2, 0) is 18.3 Å². The fourth-order valence-corrected chi connectivity index (χ4v) is 3.98. The van der Waals surface area contributed by atoms with Crippen molar-refractivity contribution in [2.75, 3.05) is 0 Å². The zero-order chi connectivity index (χ0) is 22.7. The molecule has 1 aromatic heterocycles. The zero-order valence-corrected chi connectivity index (χ0v) is 18.1. The van der Waals surface area contributed by atoms with Crippen molar-refractivity contribution in [1.82, 2.24) is 14.5 Å². The quantitative estimate of drug-likeness (QED) is 0.513. The van der Waals surface area contributed by atoms with Crippen LogP contribution in [0.5, 0.6) is 0 Å². The van der Waals surface area contributed by atoms with Crippen molar-refractivity contribution in [1.29, 1.82) is 0 Å². The Balaban J connectivity index is 1.81. The molecule has 4 aromatic rings. The molecule has 2 atom stereocenters. The summed E-state index contributed by atoms with van der Waals surface area (Å²) in [5, 5.41) is 3.39. The van der Waals surface area contributed by atoms with Gasteiger partial charge < -0.3 is 5.32 Å². The normalized spacial score (nSPS) is 12.9. The van der Waals surface area contributed by atoms with Crippen molar-refractivity contribution in [3.8, 4) is 0 Å². The number of hydrogen-bond acceptors (Lipinski definition) is 3. The lowest BCUT2D eigenvalue weighted by Gasteiger charge is -2.23. The van der Waals surface area contributed by atoms with Gasteiger partial charge in [-0.05, 0) is 30.2 Å². The Labute approximate surface area is 185 Å². The van der Waals surface area contributed by atoms with E-state index in [-0.39, 0.29) is 18.4 Å². The maximum atomic E-state index is 13.5. The number of aryl methyl sites for hydroxylation is 1. The molecule has 0 spiro atoms. The van der Waals surface area contributed by atoms with E-state index in [0.717, 1.165) is 15.7 Å². The van der Waals surface area contributed by atoms with E-state index < -0.39 is 17.3 Å². The molecular weight excluding hydrogens is 402 g/mol. The fraction of sp³-hybridized carbons (Fsp3) is 0.192. The molecule has 32 heavy (non-hydrogen) atoms. The van der Waals surface area contributed by atoms with Crippen molar-refractivity contribution in [2.45, 2.75) is 25.4 Å². The highest BCUT2D eigenvalue weighted by Gasteiger charge is 2.27. The summed E-state index contributed by atoms with van der Waals surface area (Å²) in [5.41, 5.74) is 1.36. The van der Waals surface area contributed by atoms with E-state index in [9.17, 15) is 14.4 Å². The van der Waals surface area contributed by atoms with Crippen LogP contribution < -0.4 is 16.6 Å². The first-order valence-electron chi connectivity index (χ1n) is 10.6. The maximum absolute atomic E-state index is 13.5. The van der Waals surface area contributed by atoms with E-state index in [1.165, 1.54) is 4.57 Å². The first kappa shape index (κ1) is 21.3. The van der Waals surface area contributed by atoms with Crippen LogP contribution in [0.2, 0.25) is 0 Å². The topological polar surface area (TPSA) is 73.1 Å². The second-order valence-electron chi connectivity index (χ2n) is 7.88. The van der Waals surface area contributed by atoms with Gasteiger partial charge in [-0.3, -0.25) is 14.2 Å². The Morgan fingerprint density at radius 3 is 2.16 bits per heavy atom. The number of para-hydroxylation sites is 1. The largest absolute Gasteiger partial charge is 0.348 e. The van der Waals surface area contributed by atoms with E-state index in [0.29, 0.717) is 10.9 Å². The summed E-state index contributed by atoms with van der Waals surface area (Å²) in [6, 6.07) is 24.7. The molecule has 162 valence electrons. The van der Waals surface area contributed by atoms with Crippen LogP contribution in [0.15, 0.2) is 94.5 Å². The lowest BCUT2D eigenvalue weighted by Crippen LogP contribution is -2.47. The number of hydrogen-bond donors (Lipinski definition) is 1. The van der Waals surface area contributed by atoms with Crippen molar-refractivity contribution in [3.63, 3.8) is 0 Å². The molecule has 0 saturated carbocycles. The van der Waals surface area contributed by atoms with E-state index in [4.69, 9.17) is 0 Å². The Hall–Kier alpha value is -3.93. The first-order chi connectivity index (χ1) is 15.5. The van der Waals surface area contributed by atoms with Crippen LogP contribution in [0.1, 0.15) is 30.1 Å². The number of aromatic nitrogens is 2. The van der Waals surface area contributed by atoms with Gasteiger partial charge in [0.25, 0.3) is 5.56 Å². The van der Waals surface area contributed by atoms with Crippen LogP contribution in [-0.4, -0.2) is 15.0 Å². The Kier molecular flexibility index (Phi) is 6.03. The molecule has 0 bridgehead atoms. The molecule has 3 aromatic carbocycles. The van der Waals surface area contributed by atoms with Gasteiger partial charge in [0.2, 0.25) is 5.91 Å². The highest BCUT2D eigenvalue weighted by Crippen LogP contribution is 2.17. The zero-order valence-electron chi connectivity index (χ0n) is 18.1. The molecular formula is C26H25N3O3. The molecule has 1 amide bonds. The first-order valence-corrected chi connectivity index (χ1v) is 10.6. The third-order valence-electron chi connectivity index (χ3n) is 5.75. The second-order valence-corrected chi connectivity index (χ2v) is 7.88. The minimum absolute atomic E-state index is 0.224. The molecule has 6 nitrogen and oxygen atoms in total. The highest BCUT2D eigenvalue weighted by molar-refractivity contribution is 5.82. The van der Waals surface area contributed by atoms with Gasteiger partial charge in [0.05, 0.1) is 16.9 Å². The molecule has 2 unspecified atom stereocenters. The SMILES string of the molecule is CC(NC(=O)C(Cc1ccccc1)n1c(=O)c2ccccc2n(C)c1=O)c1ccccc1. The molecule has 4 rings (SSSR count). The molecule has 1 N–H and O–H groups in total. The number of carbonyl (C=O) groups excluding carboxylic acids is 1. The van der Waals surface area contributed by atoms with Gasteiger partial charge in [0.15, 0.2) is 0 Å². The lowest BCUT2D eigenvalue weighted by molar-refractivity contribution is -0.125. The molecule has 0 radical (unpaired) electrons. The summed E-state index contributed by atoms with van der Waals surface area (Å²) >= 11 is 0. The molecule has 0 fully saturated rings. The summed E-state index contributed by atoms with van der Waals surface area (Å²) in [7, 11) is 1.62. The molecule has 0 aliphatic rings. The van der Waals surface area contributed by atoms with Crippen LogP contribution in [0, 0.1) is 0 Å². The summed E-state index contributed by atoms with van der Waals surface area (Å²) < 4.78 is 2.50. The van der Waals surface area contributed by atoms with Crippen molar-refractivity contribution >= 4 is 16.8 Å². The number of rotatable bonds is 6. The van der Waals surface area contributed by atoms with Gasteiger partial charge >= 0.3 is 5.69 Å². The Morgan fingerprint density at radius 2 is 1.47 bits per heavy atom. The summed E-state index contributed by atoms with van der Waals surface area (Å²) in [5.74, 6) is -0.375. The van der Waals surface area contributed by atoms with Crippen LogP contribution in [0.4, 0.5) is 0 Å². The van der Waals surface area contributed by atoms with E-state index >= 15 is 0 Å². The highest BCUT2D eigenvalue weighted by atomic mass is 16.2. The van der Waals surface area contributed by atoms with Crippen molar-refractivity contribution in [2.24, 2.45) is 7.05 Å². The third kappa shape index (κ3) is 4.12. The summed E-state index contributed by atoms with van der Waals surface area (Å²) in [6.45, 7) is 1.88. The number of nitrogens with zero attached hydrogens (tertiary/aromatic N) is 2. The van der Waals surface area contributed by atoms with Gasteiger partial charge in [-0.25, -0.2) is 9.36 Å². The number of amides is 1. The average molecular weight is 428 g/mol. The fourth-order valence-electron chi connectivity index (χ4n) is 3.98. The molecule has 0 aliphatic carbocycles. The minimum Gasteiger partial charge on any atom is -0.348 e. The van der Waals surface area contributed by atoms with Gasteiger partial charge in [0.1, 0.15) is 6.04 Å². The van der Waals surface area contributed by atoms with Gasteiger partial charge in [0, 0.05) is 13.5 Å². The predicted octanol–water partition coefficient (Wildman–Crippen LogP) is 3.36. The molecule has 1 heterocycles. The average Bonchev–Trinajstić information content (AvgIpc) is 2.83. The smallest absolute Gasteiger partial charge is 0.331 e. The van der Waals surface area contributed by atoms with Crippen molar-refractivity contribution in [3.05, 3.63) is 117 Å². The van der Waals surface area contributed by atoms with Crippen LogP contribution in [0.3, 0.4) is 0 Å². The summed E-state index contributed by atoms with van der Waals surface area (Å²) in [4.78, 5) is 40.1. The van der Waals surface area contributed by atoms with Crippen LogP contribution in [0.25, 0.3) is 10.9 Å². The standard InChI is InChI=1S/C26H25N3O3/c1-18(20-13-7-4-8-14-20)27-24(30)23(17-19-11-5-3-6-12-19)29-25(31)21-15-9-10-16-22(21)28(2)26(29)32/h3-16,18,23H,17H2,1-2H3,(H,27,30).